The molecule has 3 rings (SSSR count). The highest BCUT2D eigenvalue weighted by Gasteiger charge is 2.19. The van der Waals surface area contributed by atoms with E-state index in [1.807, 2.05) is 29.2 Å². The molecule has 0 unspecified atom stereocenters. The van der Waals surface area contributed by atoms with Crippen LogP contribution in [0.1, 0.15) is 5.56 Å². The molecule has 2 aromatic rings. The predicted molar refractivity (Wildman–Crippen MR) is 102 cm³/mol. The van der Waals surface area contributed by atoms with E-state index >= 15 is 0 Å². The first-order valence-corrected chi connectivity index (χ1v) is 8.75. The highest BCUT2D eigenvalue weighted by molar-refractivity contribution is 6.30. The minimum Gasteiger partial charge on any atom is -0.497 e. The van der Waals surface area contributed by atoms with Crippen molar-refractivity contribution in [2.45, 2.75) is 0 Å². The number of rotatable bonds is 4. The number of halogens is 2. The Bertz CT molecular complexity index is 800. The van der Waals surface area contributed by atoms with E-state index in [0.717, 1.165) is 24.5 Å². The van der Waals surface area contributed by atoms with Gasteiger partial charge in [0.1, 0.15) is 11.6 Å². The number of benzene rings is 2. The highest BCUT2D eigenvalue weighted by Crippen LogP contribution is 2.21. The highest BCUT2D eigenvalue weighted by atomic mass is 35.5. The maximum Gasteiger partial charge on any atom is 0.246 e. The number of methoxy groups -OCH3 is 1. The summed E-state index contributed by atoms with van der Waals surface area (Å²) in [5.74, 6) is 0.304. The van der Waals surface area contributed by atoms with Crippen LogP contribution in [0.2, 0.25) is 5.02 Å². The van der Waals surface area contributed by atoms with Crippen LogP contribution in [0.5, 0.6) is 5.75 Å². The lowest BCUT2D eigenvalue weighted by molar-refractivity contribution is -0.126. The molecule has 1 saturated heterocycles. The molecule has 1 heterocycles. The summed E-state index contributed by atoms with van der Waals surface area (Å²) >= 11 is 5.75. The van der Waals surface area contributed by atoms with Gasteiger partial charge in [-0.15, -0.1) is 0 Å². The molecule has 136 valence electrons. The summed E-state index contributed by atoms with van der Waals surface area (Å²) < 4.78 is 18.3. The third-order valence-corrected chi connectivity index (χ3v) is 4.68. The van der Waals surface area contributed by atoms with Crippen LogP contribution >= 0.6 is 11.6 Å². The summed E-state index contributed by atoms with van der Waals surface area (Å²) in [5, 5.41) is 0.0488. The van der Waals surface area contributed by atoms with Crippen LogP contribution in [0.25, 0.3) is 6.08 Å². The fraction of sp³-hybridized carbons (Fsp3) is 0.250. The molecule has 1 fully saturated rings. The largest absolute Gasteiger partial charge is 0.497 e. The molecule has 0 radical (unpaired) electrons. The average Bonchev–Trinajstić information content (AvgIpc) is 2.69. The number of carbonyl (C=O) groups excluding carboxylic acids is 1. The van der Waals surface area contributed by atoms with Gasteiger partial charge in [0, 0.05) is 37.9 Å². The molecular formula is C20H20ClFN2O2. The minimum absolute atomic E-state index is 0.0488. The molecule has 1 amide bonds. The zero-order chi connectivity index (χ0) is 18.5. The molecule has 0 atom stereocenters. The molecule has 0 bridgehead atoms. The third-order valence-electron chi connectivity index (χ3n) is 4.39. The Morgan fingerprint density at radius 1 is 1.12 bits per heavy atom. The molecule has 1 aliphatic heterocycles. The Morgan fingerprint density at radius 2 is 1.81 bits per heavy atom. The van der Waals surface area contributed by atoms with E-state index in [2.05, 4.69) is 4.90 Å². The number of piperazine rings is 1. The van der Waals surface area contributed by atoms with E-state index in [1.165, 1.54) is 18.2 Å². The molecule has 0 saturated carbocycles. The summed E-state index contributed by atoms with van der Waals surface area (Å²) in [5.41, 5.74) is 1.82. The summed E-state index contributed by atoms with van der Waals surface area (Å²) in [4.78, 5) is 16.4. The lowest BCUT2D eigenvalue weighted by Gasteiger charge is -2.35. The lowest BCUT2D eigenvalue weighted by Crippen LogP contribution is -2.48. The van der Waals surface area contributed by atoms with Crippen LogP contribution in [0.4, 0.5) is 10.1 Å². The van der Waals surface area contributed by atoms with E-state index in [0.29, 0.717) is 18.7 Å². The van der Waals surface area contributed by atoms with Crippen molar-refractivity contribution in [3.8, 4) is 5.75 Å². The Kier molecular flexibility index (Phi) is 5.78. The topological polar surface area (TPSA) is 32.8 Å². The van der Waals surface area contributed by atoms with Crippen LogP contribution in [0, 0.1) is 5.82 Å². The SMILES string of the molecule is COc1ccc(N2CCN(C(=O)/C=C/c3ccc(F)c(Cl)c3)CC2)cc1. The summed E-state index contributed by atoms with van der Waals surface area (Å²) in [6.07, 6.45) is 3.16. The Labute approximate surface area is 157 Å². The van der Waals surface area contributed by atoms with Gasteiger partial charge >= 0.3 is 0 Å². The van der Waals surface area contributed by atoms with Crippen LogP contribution in [0.3, 0.4) is 0 Å². The second kappa shape index (κ2) is 8.23. The molecule has 0 spiro atoms. The quantitative estimate of drug-likeness (QED) is 0.762. The van der Waals surface area contributed by atoms with Gasteiger partial charge in [-0.2, -0.15) is 0 Å². The molecule has 26 heavy (non-hydrogen) atoms. The fourth-order valence-electron chi connectivity index (χ4n) is 2.87. The Hall–Kier alpha value is -2.53. The van der Waals surface area contributed by atoms with E-state index in [1.54, 1.807) is 19.3 Å². The molecular weight excluding hydrogens is 355 g/mol. The second-order valence-corrected chi connectivity index (χ2v) is 6.42. The molecule has 0 aromatic heterocycles. The van der Waals surface area contributed by atoms with Crippen molar-refractivity contribution < 1.29 is 13.9 Å². The van der Waals surface area contributed by atoms with Crippen molar-refractivity contribution in [1.82, 2.24) is 4.90 Å². The average molecular weight is 375 g/mol. The number of amides is 1. The standard InChI is InChI=1S/C20H20ClFN2O2/c1-26-17-6-4-16(5-7-17)23-10-12-24(13-11-23)20(25)9-3-15-2-8-19(22)18(21)14-15/h2-9,14H,10-13H2,1H3/b9-3+. The Balaban J connectivity index is 1.55. The van der Waals surface area contributed by atoms with Crippen molar-refractivity contribution in [2.24, 2.45) is 0 Å². The number of nitrogens with zero attached hydrogens (tertiary/aromatic N) is 2. The number of anilines is 1. The fourth-order valence-corrected chi connectivity index (χ4v) is 3.06. The van der Waals surface area contributed by atoms with Crippen molar-refractivity contribution in [2.75, 3.05) is 38.2 Å². The van der Waals surface area contributed by atoms with Gasteiger partial charge in [0.15, 0.2) is 0 Å². The molecule has 4 nitrogen and oxygen atoms in total. The first kappa shape index (κ1) is 18.3. The predicted octanol–water partition coefficient (Wildman–Crippen LogP) is 3.85. The number of ether oxygens (including phenoxy) is 1. The molecule has 6 heteroatoms. The smallest absolute Gasteiger partial charge is 0.246 e. The van der Waals surface area contributed by atoms with Crippen molar-refractivity contribution in [3.63, 3.8) is 0 Å². The van der Waals surface area contributed by atoms with Gasteiger partial charge in [-0.25, -0.2) is 4.39 Å². The summed E-state index contributed by atoms with van der Waals surface area (Å²) in [7, 11) is 1.65. The van der Waals surface area contributed by atoms with Gasteiger partial charge in [-0.3, -0.25) is 4.79 Å². The van der Waals surface area contributed by atoms with Crippen LogP contribution in [-0.2, 0) is 4.79 Å². The molecule has 2 aromatic carbocycles. The number of carbonyl (C=O) groups is 1. The molecule has 0 aliphatic carbocycles. The van der Waals surface area contributed by atoms with Gasteiger partial charge < -0.3 is 14.5 Å². The van der Waals surface area contributed by atoms with Crippen molar-refractivity contribution in [3.05, 3.63) is 64.9 Å². The maximum absolute atomic E-state index is 13.2. The van der Waals surface area contributed by atoms with E-state index in [9.17, 15) is 9.18 Å². The van der Waals surface area contributed by atoms with Gasteiger partial charge in [0.2, 0.25) is 5.91 Å². The lowest BCUT2D eigenvalue weighted by atomic mass is 10.2. The first-order chi connectivity index (χ1) is 12.6. The zero-order valence-electron chi connectivity index (χ0n) is 14.5. The summed E-state index contributed by atoms with van der Waals surface area (Å²) in [6.45, 7) is 2.85. The number of hydrogen-bond donors (Lipinski definition) is 0. The van der Waals surface area contributed by atoms with Crippen molar-refractivity contribution in [1.29, 1.82) is 0 Å². The normalized spacial score (nSPS) is 14.7. The van der Waals surface area contributed by atoms with Crippen molar-refractivity contribution >= 4 is 29.3 Å². The second-order valence-electron chi connectivity index (χ2n) is 6.02. The van der Waals surface area contributed by atoms with Crippen LogP contribution in [0.15, 0.2) is 48.5 Å². The number of hydrogen-bond acceptors (Lipinski definition) is 3. The first-order valence-electron chi connectivity index (χ1n) is 8.38. The van der Waals surface area contributed by atoms with Gasteiger partial charge in [-0.05, 0) is 48.0 Å². The monoisotopic (exact) mass is 374 g/mol. The molecule has 1 aliphatic rings. The maximum atomic E-state index is 13.2. The third kappa shape index (κ3) is 4.35. The van der Waals surface area contributed by atoms with Crippen LogP contribution < -0.4 is 9.64 Å². The minimum atomic E-state index is -0.468. The van der Waals surface area contributed by atoms with Gasteiger partial charge in [0.25, 0.3) is 0 Å². The van der Waals surface area contributed by atoms with Crippen LogP contribution in [-0.4, -0.2) is 44.1 Å². The van der Waals surface area contributed by atoms with E-state index in [-0.39, 0.29) is 10.9 Å². The van der Waals surface area contributed by atoms with E-state index < -0.39 is 5.82 Å². The zero-order valence-corrected chi connectivity index (χ0v) is 15.2. The Morgan fingerprint density at radius 3 is 2.42 bits per heavy atom. The van der Waals surface area contributed by atoms with E-state index in [4.69, 9.17) is 16.3 Å². The van der Waals surface area contributed by atoms with Gasteiger partial charge in [0.05, 0.1) is 12.1 Å². The molecule has 0 N–H and O–H groups in total. The van der Waals surface area contributed by atoms with Gasteiger partial charge in [-0.1, -0.05) is 17.7 Å². The summed E-state index contributed by atoms with van der Waals surface area (Å²) in [6, 6.07) is 12.3.